The number of carbonyl (C=O) groups excluding carboxylic acids is 1. The molecule has 2 bridgehead atoms. The van der Waals surface area contributed by atoms with Crippen LogP contribution in [0.25, 0.3) is 0 Å². The van der Waals surface area contributed by atoms with E-state index in [-0.39, 0.29) is 36.7 Å². The van der Waals surface area contributed by atoms with E-state index in [4.69, 9.17) is 14.6 Å². The van der Waals surface area contributed by atoms with Gasteiger partial charge in [-0.2, -0.15) is 0 Å². The van der Waals surface area contributed by atoms with E-state index in [0.29, 0.717) is 17.5 Å². The van der Waals surface area contributed by atoms with Crippen molar-refractivity contribution in [3.05, 3.63) is 35.4 Å². The minimum absolute atomic E-state index is 0.0388. The SMILES string of the molecule is CN1CCC23c4c5ccc(OC(=O)CCCC(=O)O)c4O[C@H]2[C@@H](O)C=C[C@H]3[C@H]1C5. The van der Waals surface area contributed by atoms with Gasteiger partial charge in [0.25, 0.3) is 0 Å². The number of nitrogens with zero attached hydrogens (tertiary/aromatic N) is 1. The summed E-state index contributed by atoms with van der Waals surface area (Å²) < 4.78 is 11.9. The Morgan fingerprint density at radius 1 is 1.31 bits per heavy atom. The molecule has 29 heavy (non-hydrogen) atoms. The van der Waals surface area contributed by atoms with Gasteiger partial charge in [0.05, 0.1) is 0 Å². The summed E-state index contributed by atoms with van der Waals surface area (Å²) in [5.41, 5.74) is 2.00. The van der Waals surface area contributed by atoms with Crippen LogP contribution in [0.3, 0.4) is 0 Å². The van der Waals surface area contributed by atoms with Crippen LogP contribution in [0.4, 0.5) is 0 Å². The van der Waals surface area contributed by atoms with E-state index in [1.807, 2.05) is 12.1 Å². The summed E-state index contributed by atoms with van der Waals surface area (Å²) in [5, 5.41) is 19.5. The number of rotatable bonds is 5. The molecule has 0 aromatic heterocycles. The average Bonchev–Trinajstić information content (AvgIpc) is 3.03. The second kappa shape index (κ2) is 6.57. The van der Waals surface area contributed by atoms with E-state index >= 15 is 0 Å². The van der Waals surface area contributed by atoms with Gasteiger partial charge >= 0.3 is 11.9 Å². The topological polar surface area (TPSA) is 96.3 Å². The Labute approximate surface area is 168 Å². The molecule has 1 unspecified atom stereocenters. The van der Waals surface area contributed by atoms with Gasteiger partial charge in [0, 0.05) is 35.8 Å². The number of aliphatic hydroxyl groups excluding tert-OH is 1. The number of carboxylic acid groups (broad SMARTS) is 1. The maximum Gasteiger partial charge on any atom is 0.311 e. The Kier molecular flexibility index (Phi) is 4.22. The summed E-state index contributed by atoms with van der Waals surface area (Å²) in [7, 11) is 2.15. The van der Waals surface area contributed by atoms with E-state index in [1.54, 1.807) is 6.07 Å². The van der Waals surface area contributed by atoms with Crippen molar-refractivity contribution in [1.82, 2.24) is 4.90 Å². The van der Waals surface area contributed by atoms with E-state index in [2.05, 4.69) is 18.0 Å². The summed E-state index contributed by atoms with van der Waals surface area (Å²) in [6.45, 7) is 0.930. The fourth-order valence-electron chi connectivity index (χ4n) is 5.87. The number of aliphatic carboxylic acids is 1. The molecule has 1 saturated heterocycles. The van der Waals surface area contributed by atoms with Crippen LogP contribution in [-0.4, -0.2) is 58.9 Å². The lowest BCUT2D eigenvalue weighted by Crippen LogP contribution is -2.64. The maximum absolute atomic E-state index is 12.3. The molecule has 7 nitrogen and oxygen atoms in total. The van der Waals surface area contributed by atoms with Crippen LogP contribution < -0.4 is 9.47 Å². The van der Waals surface area contributed by atoms with Crippen molar-refractivity contribution >= 4 is 11.9 Å². The zero-order valence-electron chi connectivity index (χ0n) is 16.3. The number of likely N-dealkylation sites (N-methyl/N-ethyl adjacent to an activating group) is 1. The molecule has 1 aromatic rings. The fraction of sp³-hybridized carbons (Fsp3) is 0.545. The van der Waals surface area contributed by atoms with Crippen LogP contribution in [0, 0.1) is 5.92 Å². The Bertz CT molecular complexity index is 911. The largest absolute Gasteiger partial charge is 0.482 e. The van der Waals surface area contributed by atoms with Crippen molar-refractivity contribution in [1.29, 1.82) is 0 Å². The predicted molar refractivity (Wildman–Crippen MR) is 103 cm³/mol. The number of aliphatic hydroxyl groups is 1. The molecule has 7 heteroatoms. The molecule has 0 radical (unpaired) electrons. The van der Waals surface area contributed by atoms with Crippen molar-refractivity contribution in [3.63, 3.8) is 0 Å². The van der Waals surface area contributed by atoms with Crippen molar-refractivity contribution < 1.29 is 29.3 Å². The summed E-state index contributed by atoms with van der Waals surface area (Å²) in [5.74, 6) is -0.192. The highest BCUT2D eigenvalue weighted by molar-refractivity contribution is 5.75. The molecule has 5 atom stereocenters. The molecule has 1 spiro atoms. The Morgan fingerprint density at radius 3 is 2.93 bits per heavy atom. The lowest BCUT2D eigenvalue weighted by molar-refractivity contribution is -0.137. The maximum atomic E-state index is 12.3. The number of hydrogen-bond acceptors (Lipinski definition) is 6. The second-order valence-electron chi connectivity index (χ2n) is 8.63. The van der Waals surface area contributed by atoms with Crippen molar-refractivity contribution in [2.24, 2.45) is 5.92 Å². The molecule has 2 aliphatic heterocycles. The summed E-state index contributed by atoms with van der Waals surface area (Å²) in [6, 6.07) is 4.15. The van der Waals surface area contributed by atoms with Gasteiger partial charge in [-0.25, -0.2) is 0 Å². The van der Waals surface area contributed by atoms with E-state index in [1.165, 1.54) is 5.56 Å². The number of likely N-dealkylation sites (tertiary alicyclic amines) is 1. The first-order chi connectivity index (χ1) is 13.9. The standard InChI is InChI=1S/C22H25NO6/c1-23-10-9-22-13-6-7-15(24)21(22)29-20-16(28-18(27)4-2-3-17(25)26)8-5-12(19(20)22)11-14(13)23/h5-8,13-15,21,24H,2-4,9-11H2,1H3,(H,25,26)/t13-,14+,15-,21-,22?/m0/s1. The number of esters is 1. The van der Waals surface area contributed by atoms with Gasteiger partial charge in [-0.1, -0.05) is 18.2 Å². The zero-order chi connectivity index (χ0) is 20.3. The highest BCUT2D eigenvalue weighted by Crippen LogP contribution is 2.62. The van der Waals surface area contributed by atoms with Gasteiger partial charge in [-0.15, -0.1) is 0 Å². The fourth-order valence-corrected chi connectivity index (χ4v) is 5.87. The van der Waals surface area contributed by atoms with Crippen LogP contribution in [0.15, 0.2) is 24.3 Å². The number of carbonyl (C=O) groups is 2. The van der Waals surface area contributed by atoms with Gasteiger partial charge in [0.2, 0.25) is 0 Å². The van der Waals surface area contributed by atoms with E-state index in [0.717, 1.165) is 24.9 Å². The summed E-state index contributed by atoms with van der Waals surface area (Å²) in [4.78, 5) is 25.3. The molecule has 2 N–H and O–H groups in total. The molecule has 2 heterocycles. The van der Waals surface area contributed by atoms with E-state index < -0.39 is 18.0 Å². The number of hydrogen-bond donors (Lipinski definition) is 2. The van der Waals surface area contributed by atoms with Crippen LogP contribution in [0.5, 0.6) is 11.5 Å². The Balaban J connectivity index is 1.51. The van der Waals surface area contributed by atoms with Crippen LogP contribution >= 0.6 is 0 Å². The molecule has 2 aliphatic carbocycles. The highest BCUT2D eigenvalue weighted by atomic mass is 16.6. The first-order valence-electron chi connectivity index (χ1n) is 10.2. The lowest BCUT2D eigenvalue weighted by Gasteiger charge is -2.56. The predicted octanol–water partition coefficient (Wildman–Crippen LogP) is 1.65. The minimum Gasteiger partial charge on any atom is -0.482 e. The normalized spacial score (nSPS) is 33.7. The highest BCUT2D eigenvalue weighted by Gasteiger charge is 2.64. The Morgan fingerprint density at radius 2 is 2.14 bits per heavy atom. The zero-order valence-corrected chi connectivity index (χ0v) is 16.3. The molecule has 0 saturated carbocycles. The van der Waals surface area contributed by atoms with Gasteiger partial charge < -0.3 is 24.6 Å². The van der Waals surface area contributed by atoms with E-state index in [9.17, 15) is 14.7 Å². The third-order valence-corrected chi connectivity index (χ3v) is 7.13. The molecule has 4 aliphatic rings. The van der Waals surface area contributed by atoms with Gasteiger partial charge in [0.15, 0.2) is 11.5 Å². The lowest BCUT2D eigenvalue weighted by atomic mass is 9.53. The molecule has 154 valence electrons. The van der Waals surface area contributed by atoms with Crippen LogP contribution in [-0.2, 0) is 21.4 Å². The third kappa shape index (κ3) is 2.64. The number of carboxylic acids is 1. The smallest absolute Gasteiger partial charge is 0.311 e. The first kappa shape index (κ1) is 18.6. The van der Waals surface area contributed by atoms with Crippen LogP contribution in [0.1, 0.15) is 36.8 Å². The summed E-state index contributed by atoms with van der Waals surface area (Å²) in [6.07, 6.45) is 4.89. The molecular formula is C22H25NO6. The molecule has 1 aromatic carbocycles. The van der Waals surface area contributed by atoms with Gasteiger partial charge in [-0.05, 0) is 44.5 Å². The van der Waals surface area contributed by atoms with Gasteiger partial charge in [-0.3, -0.25) is 9.59 Å². The molecular weight excluding hydrogens is 374 g/mol. The molecule has 5 rings (SSSR count). The van der Waals surface area contributed by atoms with Crippen molar-refractivity contribution in [3.8, 4) is 11.5 Å². The quantitative estimate of drug-likeness (QED) is 0.442. The van der Waals surface area contributed by atoms with Crippen molar-refractivity contribution in [2.45, 2.75) is 55.8 Å². The number of benzene rings is 1. The second-order valence-corrected chi connectivity index (χ2v) is 8.63. The third-order valence-electron chi connectivity index (χ3n) is 7.13. The first-order valence-corrected chi connectivity index (χ1v) is 10.2. The molecule has 1 fully saturated rings. The average molecular weight is 399 g/mol. The van der Waals surface area contributed by atoms with Crippen LogP contribution in [0.2, 0.25) is 0 Å². The number of piperidine rings is 1. The van der Waals surface area contributed by atoms with Gasteiger partial charge in [0.1, 0.15) is 12.2 Å². The van der Waals surface area contributed by atoms with Crippen molar-refractivity contribution in [2.75, 3.05) is 13.6 Å². The number of ether oxygens (including phenoxy) is 2. The monoisotopic (exact) mass is 399 g/mol. The molecule has 0 amide bonds. The minimum atomic E-state index is -0.930. The Hall–Kier alpha value is -2.38. The summed E-state index contributed by atoms with van der Waals surface area (Å²) >= 11 is 0.